The quantitative estimate of drug-likeness (QED) is 0.817. The molecule has 0 radical (unpaired) electrons. The molecule has 0 aromatic heterocycles. The van der Waals surface area contributed by atoms with E-state index in [1.54, 1.807) is 0 Å². The maximum atomic E-state index is 3.86. The Bertz CT molecular complexity index is 421. The summed E-state index contributed by atoms with van der Waals surface area (Å²) in [6.07, 6.45) is 3.98. The summed E-state index contributed by atoms with van der Waals surface area (Å²) in [4.78, 5) is 0. The van der Waals surface area contributed by atoms with Crippen molar-refractivity contribution in [2.75, 3.05) is 0 Å². The zero-order valence-corrected chi connectivity index (χ0v) is 13.2. The summed E-state index contributed by atoms with van der Waals surface area (Å²) >= 11 is 0. The van der Waals surface area contributed by atoms with E-state index in [4.69, 9.17) is 0 Å². The van der Waals surface area contributed by atoms with Gasteiger partial charge in [-0.2, -0.15) is 0 Å². The topological polar surface area (TPSA) is 12.0 Å². The van der Waals surface area contributed by atoms with Gasteiger partial charge in [0.2, 0.25) is 0 Å². The minimum atomic E-state index is 0.451. The number of rotatable bonds is 3. The second kappa shape index (κ2) is 5.66. The van der Waals surface area contributed by atoms with Gasteiger partial charge >= 0.3 is 0 Å². The predicted octanol–water partition coefficient (Wildman–Crippen LogP) is 4.86. The molecule has 1 aromatic rings. The molecule has 0 heterocycles. The highest BCUT2D eigenvalue weighted by Gasteiger charge is 2.32. The molecule has 3 atom stereocenters. The molecule has 1 saturated carbocycles. The zero-order chi connectivity index (χ0) is 14.0. The highest BCUT2D eigenvalue weighted by atomic mass is 14.9. The zero-order valence-electron chi connectivity index (χ0n) is 13.2. The molecule has 0 bridgehead atoms. The van der Waals surface area contributed by atoms with Gasteiger partial charge in [-0.3, -0.25) is 0 Å². The molecule has 1 N–H and O–H groups in total. The Morgan fingerprint density at radius 3 is 2.53 bits per heavy atom. The van der Waals surface area contributed by atoms with Crippen LogP contribution in [0.15, 0.2) is 24.3 Å². The van der Waals surface area contributed by atoms with E-state index in [2.05, 4.69) is 64.2 Å². The van der Waals surface area contributed by atoms with E-state index in [1.165, 1.54) is 30.4 Å². The first-order valence-corrected chi connectivity index (χ1v) is 7.69. The van der Waals surface area contributed by atoms with Crippen molar-refractivity contribution in [1.82, 2.24) is 5.32 Å². The molecular weight excluding hydrogens is 230 g/mol. The van der Waals surface area contributed by atoms with Crippen molar-refractivity contribution in [3.8, 4) is 0 Å². The molecule has 0 amide bonds. The lowest BCUT2D eigenvalue weighted by Crippen LogP contribution is -2.41. The molecule has 1 heteroatoms. The van der Waals surface area contributed by atoms with Crippen LogP contribution in [-0.4, -0.2) is 6.04 Å². The van der Waals surface area contributed by atoms with Crippen molar-refractivity contribution in [3.63, 3.8) is 0 Å². The van der Waals surface area contributed by atoms with Gasteiger partial charge < -0.3 is 5.32 Å². The third kappa shape index (κ3) is 3.82. The predicted molar refractivity (Wildman–Crippen MR) is 83.3 cm³/mol. The Morgan fingerprint density at radius 2 is 1.89 bits per heavy atom. The third-order valence-electron chi connectivity index (χ3n) is 4.53. The van der Waals surface area contributed by atoms with Crippen molar-refractivity contribution in [2.45, 2.75) is 66.0 Å². The summed E-state index contributed by atoms with van der Waals surface area (Å²) in [5.74, 6) is 0.838. The van der Waals surface area contributed by atoms with Gasteiger partial charge in [0.1, 0.15) is 0 Å². The number of benzene rings is 1. The summed E-state index contributed by atoms with van der Waals surface area (Å²) in [5.41, 5.74) is 3.32. The van der Waals surface area contributed by atoms with Crippen LogP contribution < -0.4 is 5.32 Å². The highest BCUT2D eigenvalue weighted by Crippen LogP contribution is 2.39. The van der Waals surface area contributed by atoms with Crippen LogP contribution in [0.4, 0.5) is 0 Å². The Morgan fingerprint density at radius 1 is 1.21 bits per heavy atom. The molecule has 1 fully saturated rings. The first-order valence-electron chi connectivity index (χ1n) is 7.69. The van der Waals surface area contributed by atoms with E-state index in [0.717, 1.165) is 5.92 Å². The fraction of sp³-hybridized carbons (Fsp3) is 0.667. The molecule has 0 saturated heterocycles. The number of aryl methyl sites for hydroxylation is 1. The summed E-state index contributed by atoms with van der Waals surface area (Å²) in [7, 11) is 0. The van der Waals surface area contributed by atoms with Crippen LogP contribution >= 0.6 is 0 Å². The van der Waals surface area contributed by atoms with Crippen LogP contribution in [0.3, 0.4) is 0 Å². The largest absolute Gasteiger partial charge is 0.307 e. The normalized spacial score (nSPS) is 28.1. The van der Waals surface area contributed by atoms with Gasteiger partial charge in [-0.1, -0.05) is 45.0 Å². The van der Waals surface area contributed by atoms with Gasteiger partial charge in [0.05, 0.1) is 0 Å². The van der Waals surface area contributed by atoms with Crippen LogP contribution in [-0.2, 0) is 0 Å². The van der Waals surface area contributed by atoms with Crippen LogP contribution in [0, 0.1) is 18.3 Å². The lowest BCUT2D eigenvalue weighted by molar-refractivity contribution is 0.145. The molecule has 2 rings (SSSR count). The second-order valence-electron chi connectivity index (χ2n) is 7.36. The average Bonchev–Trinajstić information content (AvgIpc) is 2.26. The molecule has 3 unspecified atom stereocenters. The highest BCUT2D eigenvalue weighted by molar-refractivity contribution is 5.28. The fourth-order valence-electron chi connectivity index (χ4n) is 3.99. The molecule has 106 valence electrons. The average molecular weight is 259 g/mol. The third-order valence-corrected chi connectivity index (χ3v) is 4.53. The Balaban J connectivity index is 2.03. The van der Waals surface area contributed by atoms with Gasteiger partial charge in [-0.25, -0.2) is 0 Å². The van der Waals surface area contributed by atoms with Gasteiger partial charge in [0.25, 0.3) is 0 Å². The maximum absolute atomic E-state index is 3.86. The molecule has 1 aliphatic rings. The monoisotopic (exact) mass is 259 g/mol. The van der Waals surface area contributed by atoms with Gasteiger partial charge in [0.15, 0.2) is 0 Å². The Labute approximate surface area is 118 Å². The minimum Gasteiger partial charge on any atom is -0.307 e. The van der Waals surface area contributed by atoms with Crippen molar-refractivity contribution >= 4 is 0 Å². The van der Waals surface area contributed by atoms with Gasteiger partial charge in [0, 0.05) is 12.1 Å². The van der Waals surface area contributed by atoms with Crippen LogP contribution in [0.1, 0.15) is 64.1 Å². The first kappa shape index (κ1) is 14.6. The molecule has 0 spiro atoms. The molecule has 1 aliphatic carbocycles. The number of nitrogens with one attached hydrogen (secondary N) is 1. The van der Waals surface area contributed by atoms with E-state index >= 15 is 0 Å². The number of hydrogen-bond acceptors (Lipinski definition) is 1. The standard InChI is InChI=1S/C18H29N/c1-13-10-16(12-18(4,5)11-13)19-15(3)17-9-7-6-8-14(17)2/h6-9,13,15-16,19H,10-12H2,1-5H3. The lowest BCUT2D eigenvalue weighted by atomic mass is 9.70. The van der Waals surface area contributed by atoms with E-state index in [-0.39, 0.29) is 0 Å². The van der Waals surface area contributed by atoms with Crippen molar-refractivity contribution in [1.29, 1.82) is 0 Å². The van der Waals surface area contributed by atoms with E-state index in [0.29, 0.717) is 17.5 Å². The Kier molecular flexibility index (Phi) is 4.35. The van der Waals surface area contributed by atoms with Crippen molar-refractivity contribution in [2.24, 2.45) is 11.3 Å². The minimum absolute atomic E-state index is 0.451. The maximum Gasteiger partial charge on any atom is 0.0296 e. The van der Waals surface area contributed by atoms with E-state index in [1.807, 2.05) is 0 Å². The van der Waals surface area contributed by atoms with Crippen LogP contribution in [0.5, 0.6) is 0 Å². The van der Waals surface area contributed by atoms with E-state index < -0.39 is 0 Å². The molecule has 1 aromatic carbocycles. The van der Waals surface area contributed by atoms with Gasteiger partial charge in [-0.15, -0.1) is 0 Å². The molecule has 1 nitrogen and oxygen atoms in total. The van der Waals surface area contributed by atoms with Crippen LogP contribution in [0.2, 0.25) is 0 Å². The summed E-state index contributed by atoms with van der Waals surface area (Å²) in [6.45, 7) is 11.7. The fourth-order valence-corrected chi connectivity index (χ4v) is 3.99. The van der Waals surface area contributed by atoms with Crippen LogP contribution in [0.25, 0.3) is 0 Å². The summed E-state index contributed by atoms with van der Waals surface area (Å²) in [5, 5.41) is 3.86. The second-order valence-corrected chi connectivity index (χ2v) is 7.36. The Hall–Kier alpha value is -0.820. The summed E-state index contributed by atoms with van der Waals surface area (Å²) < 4.78 is 0. The van der Waals surface area contributed by atoms with Crippen molar-refractivity contribution < 1.29 is 0 Å². The lowest BCUT2D eigenvalue weighted by Gasteiger charge is -2.40. The smallest absolute Gasteiger partial charge is 0.0296 e. The molecular formula is C18H29N. The first-order chi connectivity index (χ1) is 8.87. The summed E-state index contributed by atoms with van der Waals surface area (Å²) in [6, 6.07) is 9.84. The SMILES string of the molecule is Cc1ccccc1C(C)NC1CC(C)CC(C)(C)C1. The van der Waals surface area contributed by atoms with Gasteiger partial charge in [-0.05, 0) is 55.6 Å². The molecule has 19 heavy (non-hydrogen) atoms. The van der Waals surface area contributed by atoms with E-state index in [9.17, 15) is 0 Å². The molecule has 0 aliphatic heterocycles. The number of hydrogen-bond donors (Lipinski definition) is 1. The van der Waals surface area contributed by atoms with Crippen molar-refractivity contribution in [3.05, 3.63) is 35.4 Å².